The Kier molecular flexibility index (Phi) is 4.68. The maximum Gasteiger partial charge on any atom is 0.437 e. The molecule has 2 aromatic heterocycles. The van der Waals surface area contributed by atoms with Gasteiger partial charge in [0.1, 0.15) is 6.10 Å². The Morgan fingerprint density at radius 1 is 1.23 bits per heavy atom. The lowest BCUT2D eigenvalue weighted by atomic mass is 9.62. The van der Waals surface area contributed by atoms with Gasteiger partial charge in [-0.15, -0.1) is 0 Å². The second-order valence-corrected chi connectivity index (χ2v) is 8.61. The zero-order chi connectivity index (χ0) is 21.6. The van der Waals surface area contributed by atoms with Gasteiger partial charge in [-0.05, 0) is 66.8 Å². The van der Waals surface area contributed by atoms with Gasteiger partial charge in [0.05, 0.1) is 0 Å². The molecule has 1 amide bonds. The molecule has 1 aliphatic heterocycles. The molecule has 1 saturated carbocycles. The van der Waals surface area contributed by atoms with Crippen LogP contribution in [0.5, 0.6) is 5.75 Å². The number of likely N-dealkylation sites (tertiary alicyclic amines) is 1. The predicted molar refractivity (Wildman–Crippen MR) is 109 cm³/mol. The van der Waals surface area contributed by atoms with Crippen LogP contribution in [0.15, 0.2) is 48.8 Å². The number of halogens is 3. The maximum atomic E-state index is 13.2. The van der Waals surface area contributed by atoms with E-state index in [0.717, 1.165) is 29.9 Å². The fraction of sp³-hybridized carbons (Fsp3) is 0.391. The van der Waals surface area contributed by atoms with Crippen molar-refractivity contribution in [1.29, 1.82) is 0 Å². The van der Waals surface area contributed by atoms with Crippen molar-refractivity contribution >= 4 is 16.8 Å². The standard InChI is InChI=1S/C23H22F3N3O2/c24-23(25,26)20-19(3-1-8-28-20)31-17-12-22(13-17)7-2-10-29(14-22)21(30)16-5-4-15-6-9-27-18(15)11-16/h1,3-6,8-9,11,17,27H,2,7,10,12-14H2. The van der Waals surface area contributed by atoms with E-state index in [1.54, 1.807) is 0 Å². The lowest BCUT2D eigenvalue weighted by Gasteiger charge is -2.52. The molecule has 162 valence electrons. The number of aromatic amines is 1. The number of ether oxygens (including phenoxy) is 1. The van der Waals surface area contributed by atoms with Crippen LogP contribution in [0.4, 0.5) is 13.2 Å². The molecule has 2 fully saturated rings. The number of nitrogens with zero attached hydrogens (tertiary/aromatic N) is 2. The number of benzene rings is 1. The average molecular weight is 429 g/mol. The average Bonchev–Trinajstić information content (AvgIpc) is 3.20. The highest BCUT2D eigenvalue weighted by Crippen LogP contribution is 2.50. The van der Waals surface area contributed by atoms with Gasteiger partial charge in [-0.1, -0.05) is 6.07 Å². The van der Waals surface area contributed by atoms with Crippen LogP contribution in [-0.4, -0.2) is 40.0 Å². The van der Waals surface area contributed by atoms with Crippen LogP contribution in [0.25, 0.3) is 10.9 Å². The third kappa shape index (κ3) is 3.75. The highest BCUT2D eigenvalue weighted by Gasteiger charge is 2.49. The van der Waals surface area contributed by atoms with Crippen molar-refractivity contribution in [2.24, 2.45) is 5.41 Å². The van der Waals surface area contributed by atoms with Crippen molar-refractivity contribution < 1.29 is 22.7 Å². The van der Waals surface area contributed by atoms with E-state index in [-0.39, 0.29) is 23.2 Å². The lowest BCUT2D eigenvalue weighted by molar-refractivity contribution is -0.144. The summed E-state index contributed by atoms with van der Waals surface area (Å²) in [4.78, 5) is 21.5. The number of amides is 1. The Labute approximate surface area is 177 Å². The molecule has 0 atom stereocenters. The molecule has 5 nitrogen and oxygen atoms in total. The molecule has 5 rings (SSSR count). The largest absolute Gasteiger partial charge is 0.488 e. The number of hydrogen-bond donors (Lipinski definition) is 1. The van der Waals surface area contributed by atoms with Crippen molar-refractivity contribution in [3.05, 3.63) is 60.0 Å². The Morgan fingerprint density at radius 3 is 2.87 bits per heavy atom. The summed E-state index contributed by atoms with van der Waals surface area (Å²) < 4.78 is 45.1. The van der Waals surface area contributed by atoms with Crippen LogP contribution in [0.2, 0.25) is 0 Å². The quantitative estimate of drug-likeness (QED) is 0.634. The summed E-state index contributed by atoms with van der Waals surface area (Å²) in [6.07, 6.45) is 1.22. The first-order valence-electron chi connectivity index (χ1n) is 10.4. The molecule has 1 aliphatic carbocycles. The zero-order valence-corrected chi connectivity index (χ0v) is 16.8. The van der Waals surface area contributed by atoms with Crippen LogP contribution in [0.3, 0.4) is 0 Å². The second kappa shape index (κ2) is 7.28. The van der Waals surface area contributed by atoms with Crippen LogP contribution >= 0.6 is 0 Å². The summed E-state index contributed by atoms with van der Waals surface area (Å²) >= 11 is 0. The van der Waals surface area contributed by atoms with E-state index in [0.29, 0.717) is 31.5 Å². The molecule has 0 unspecified atom stereocenters. The van der Waals surface area contributed by atoms with E-state index < -0.39 is 11.9 Å². The van der Waals surface area contributed by atoms with E-state index in [1.165, 1.54) is 12.1 Å². The molecule has 0 bridgehead atoms. The molecule has 3 heterocycles. The minimum Gasteiger partial charge on any atom is -0.488 e. The number of nitrogens with one attached hydrogen (secondary N) is 1. The van der Waals surface area contributed by atoms with Gasteiger partial charge >= 0.3 is 6.18 Å². The van der Waals surface area contributed by atoms with Crippen molar-refractivity contribution in [2.45, 2.75) is 38.0 Å². The van der Waals surface area contributed by atoms with Crippen molar-refractivity contribution in [3.8, 4) is 5.75 Å². The fourth-order valence-corrected chi connectivity index (χ4v) is 4.95. The van der Waals surface area contributed by atoms with Gasteiger partial charge in [-0.3, -0.25) is 4.79 Å². The minimum atomic E-state index is -4.55. The van der Waals surface area contributed by atoms with Gasteiger partial charge in [0.25, 0.3) is 5.91 Å². The lowest BCUT2D eigenvalue weighted by Crippen LogP contribution is -2.55. The smallest absolute Gasteiger partial charge is 0.437 e. The number of fused-ring (bicyclic) bond motifs is 1. The molecule has 1 aromatic carbocycles. The topological polar surface area (TPSA) is 58.2 Å². The summed E-state index contributed by atoms with van der Waals surface area (Å²) in [5, 5.41) is 1.05. The van der Waals surface area contributed by atoms with Gasteiger partial charge in [0.15, 0.2) is 11.4 Å². The Hall–Kier alpha value is -3.03. The van der Waals surface area contributed by atoms with Crippen molar-refractivity contribution in [2.75, 3.05) is 13.1 Å². The predicted octanol–water partition coefficient (Wildman–Crippen LogP) is 5.05. The number of piperidine rings is 1. The summed E-state index contributed by atoms with van der Waals surface area (Å²) in [5.74, 6) is -0.232. The first kappa shape index (κ1) is 19.9. The van der Waals surface area contributed by atoms with Crippen molar-refractivity contribution in [3.63, 3.8) is 0 Å². The number of rotatable bonds is 3. The number of carbonyl (C=O) groups excluding carboxylic acids is 1. The summed E-state index contributed by atoms with van der Waals surface area (Å²) in [7, 11) is 0. The number of pyridine rings is 1. The number of aromatic nitrogens is 2. The van der Waals surface area contributed by atoms with E-state index in [9.17, 15) is 18.0 Å². The van der Waals surface area contributed by atoms with E-state index in [1.807, 2.05) is 35.4 Å². The Bertz CT molecular complexity index is 1120. The molecule has 8 heteroatoms. The number of hydrogen-bond acceptors (Lipinski definition) is 3. The van der Waals surface area contributed by atoms with Gasteiger partial charge in [-0.25, -0.2) is 4.98 Å². The molecule has 1 spiro atoms. The number of H-pyrrole nitrogens is 1. The van der Waals surface area contributed by atoms with Crippen LogP contribution in [0, 0.1) is 5.41 Å². The van der Waals surface area contributed by atoms with Crippen molar-refractivity contribution in [1.82, 2.24) is 14.9 Å². The van der Waals surface area contributed by atoms with Gasteiger partial charge in [-0.2, -0.15) is 13.2 Å². The third-order valence-electron chi connectivity index (χ3n) is 6.40. The molecular formula is C23H22F3N3O2. The molecule has 3 aromatic rings. The summed E-state index contributed by atoms with van der Waals surface area (Å²) in [5.41, 5.74) is 0.488. The maximum absolute atomic E-state index is 13.2. The SMILES string of the molecule is O=C(c1ccc2cc[nH]c2c1)N1CCCC2(CC(Oc3cccnc3C(F)(F)F)C2)C1. The normalized spacial score (nSPS) is 23.7. The van der Waals surface area contributed by atoms with Gasteiger partial charge < -0.3 is 14.6 Å². The third-order valence-corrected chi connectivity index (χ3v) is 6.40. The molecule has 2 aliphatic rings. The summed E-state index contributed by atoms with van der Waals surface area (Å²) in [6, 6.07) is 10.4. The van der Waals surface area contributed by atoms with E-state index in [4.69, 9.17) is 4.74 Å². The highest BCUT2D eigenvalue weighted by atomic mass is 19.4. The van der Waals surface area contributed by atoms with E-state index in [2.05, 4.69) is 9.97 Å². The van der Waals surface area contributed by atoms with Gasteiger partial charge in [0.2, 0.25) is 0 Å². The highest BCUT2D eigenvalue weighted by molar-refractivity contribution is 5.98. The zero-order valence-electron chi connectivity index (χ0n) is 16.8. The monoisotopic (exact) mass is 429 g/mol. The summed E-state index contributed by atoms with van der Waals surface area (Å²) in [6.45, 7) is 1.29. The Balaban J connectivity index is 1.25. The molecule has 31 heavy (non-hydrogen) atoms. The minimum absolute atomic E-state index is 0.00781. The first-order valence-corrected chi connectivity index (χ1v) is 10.4. The van der Waals surface area contributed by atoms with Crippen LogP contribution < -0.4 is 4.74 Å². The molecule has 1 N–H and O–H groups in total. The van der Waals surface area contributed by atoms with E-state index >= 15 is 0 Å². The number of alkyl halides is 3. The Morgan fingerprint density at radius 2 is 2.06 bits per heavy atom. The second-order valence-electron chi connectivity index (χ2n) is 8.61. The number of carbonyl (C=O) groups is 1. The van der Waals surface area contributed by atoms with Gasteiger partial charge in [0, 0.05) is 36.6 Å². The van der Waals surface area contributed by atoms with Crippen LogP contribution in [0.1, 0.15) is 41.7 Å². The molecular weight excluding hydrogens is 407 g/mol. The van der Waals surface area contributed by atoms with Crippen LogP contribution in [-0.2, 0) is 6.18 Å². The molecule has 0 radical (unpaired) electrons. The first-order chi connectivity index (χ1) is 14.8. The molecule has 1 saturated heterocycles. The fourth-order valence-electron chi connectivity index (χ4n) is 4.95.